The van der Waals surface area contributed by atoms with Gasteiger partial charge in [0, 0.05) is 47.9 Å². The maximum absolute atomic E-state index is 12.1. The Balaban J connectivity index is 1.66. The minimum Gasteiger partial charge on any atom is -0.373 e. The van der Waals surface area contributed by atoms with E-state index in [1.807, 2.05) is 38.4 Å². The molecule has 4 aromatic rings. The van der Waals surface area contributed by atoms with Crippen LogP contribution >= 0.6 is 0 Å². The first-order chi connectivity index (χ1) is 13.6. The van der Waals surface area contributed by atoms with Crippen molar-refractivity contribution in [3.05, 3.63) is 42.4 Å². The second-order valence-electron chi connectivity index (χ2n) is 7.09. The summed E-state index contributed by atoms with van der Waals surface area (Å²) in [6.07, 6.45) is 7.31. The largest absolute Gasteiger partial charge is 0.373 e. The Hall–Kier alpha value is -3.55. The van der Waals surface area contributed by atoms with Gasteiger partial charge in [0.25, 0.3) is 0 Å². The summed E-state index contributed by atoms with van der Waals surface area (Å²) in [6.45, 7) is 2.01. The molecule has 0 unspecified atom stereocenters. The molecule has 4 heterocycles. The Bertz CT molecular complexity index is 1230. The number of carbonyl (C=O) groups is 1. The first-order valence-corrected chi connectivity index (χ1v) is 9.23. The van der Waals surface area contributed by atoms with Crippen LogP contribution in [0.1, 0.15) is 18.4 Å². The summed E-state index contributed by atoms with van der Waals surface area (Å²) in [6, 6.07) is 5.81. The van der Waals surface area contributed by atoms with Gasteiger partial charge in [0.15, 0.2) is 11.5 Å². The van der Waals surface area contributed by atoms with Crippen molar-refractivity contribution >= 4 is 34.0 Å². The van der Waals surface area contributed by atoms with E-state index in [1.54, 1.807) is 16.9 Å². The number of nitrogens with one attached hydrogen (secondary N) is 2. The molecule has 1 aliphatic carbocycles. The van der Waals surface area contributed by atoms with E-state index in [-0.39, 0.29) is 11.8 Å². The lowest BCUT2D eigenvalue weighted by Crippen LogP contribution is -2.14. The van der Waals surface area contributed by atoms with E-state index in [4.69, 9.17) is 0 Å². The summed E-state index contributed by atoms with van der Waals surface area (Å²) in [7, 11) is 1.82. The van der Waals surface area contributed by atoms with Gasteiger partial charge in [0.2, 0.25) is 5.91 Å². The molecule has 0 aliphatic heterocycles. The standard InChI is InChI=1S/C20H19N7O/c1-11-3-6-17-25-19(26-27(17)10-11)15-9-23-18(21-2)14-8-22-16(7-13(14)15)24-20(28)12-4-5-12/h3,6-10,12H,4-5H2,1-2H3,(H,21,23)(H,22,24,28). The Kier molecular flexibility index (Phi) is 3.71. The molecule has 0 radical (unpaired) electrons. The van der Waals surface area contributed by atoms with Gasteiger partial charge in [-0.1, -0.05) is 6.07 Å². The zero-order valence-electron chi connectivity index (χ0n) is 15.6. The van der Waals surface area contributed by atoms with Crippen LogP contribution in [0.2, 0.25) is 0 Å². The summed E-state index contributed by atoms with van der Waals surface area (Å²) in [5.74, 6) is 1.96. The summed E-state index contributed by atoms with van der Waals surface area (Å²) in [5.41, 5.74) is 2.66. The van der Waals surface area contributed by atoms with Crippen molar-refractivity contribution in [3.8, 4) is 11.4 Å². The number of amides is 1. The van der Waals surface area contributed by atoms with E-state index >= 15 is 0 Å². The van der Waals surface area contributed by atoms with Crippen molar-refractivity contribution in [2.45, 2.75) is 19.8 Å². The van der Waals surface area contributed by atoms with Crippen molar-refractivity contribution in [1.82, 2.24) is 24.6 Å². The van der Waals surface area contributed by atoms with Gasteiger partial charge in [0.05, 0.1) is 0 Å². The Morgan fingerprint density at radius 3 is 2.82 bits per heavy atom. The average Bonchev–Trinajstić information content (AvgIpc) is 3.47. The lowest BCUT2D eigenvalue weighted by atomic mass is 10.1. The van der Waals surface area contributed by atoms with Gasteiger partial charge in [-0.2, -0.15) is 0 Å². The van der Waals surface area contributed by atoms with E-state index in [2.05, 4.69) is 30.7 Å². The molecule has 8 nitrogen and oxygen atoms in total. The predicted molar refractivity (Wildman–Crippen MR) is 107 cm³/mol. The molecule has 8 heteroatoms. The topological polar surface area (TPSA) is 97.1 Å². The molecular formula is C20H19N7O. The number of aromatic nitrogens is 5. The van der Waals surface area contributed by atoms with Crippen molar-refractivity contribution in [1.29, 1.82) is 0 Å². The molecule has 0 aromatic carbocycles. The lowest BCUT2D eigenvalue weighted by molar-refractivity contribution is -0.117. The van der Waals surface area contributed by atoms with Gasteiger partial charge in [-0.15, -0.1) is 5.10 Å². The third kappa shape index (κ3) is 2.83. The van der Waals surface area contributed by atoms with Crippen LogP contribution in [-0.4, -0.2) is 37.5 Å². The first-order valence-electron chi connectivity index (χ1n) is 9.23. The second kappa shape index (κ2) is 6.26. The molecule has 1 fully saturated rings. The molecule has 1 saturated carbocycles. The highest BCUT2D eigenvalue weighted by Gasteiger charge is 2.30. The molecule has 4 aromatic heterocycles. The number of pyridine rings is 3. The maximum atomic E-state index is 12.1. The fourth-order valence-corrected chi connectivity index (χ4v) is 3.25. The number of hydrogen-bond acceptors (Lipinski definition) is 6. The lowest BCUT2D eigenvalue weighted by Gasteiger charge is -2.10. The predicted octanol–water partition coefficient (Wildman–Crippen LogP) is 3.04. The van der Waals surface area contributed by atoms with Crippen LogP contribution in [0, 0.1) is 12.8 Å². The molecule has 0 spiro atoms. The first kappa shape index (κ1) is 16.6. The summed E-state index contributed by atoms with van der Waals surface area (Å²) >= 11 is 0. The molecular weight excluding hydrogens is 354 g/mol. The van der Waals surface area contributed by atoms with Crippen LogP contribution in [0.15, 0.2) is 36.8 Å². The third-order valence-electron chi connectivity index (χ3n) is 4.93. The number of hydrogen-bond donors (Lipinski definition) is 2. The van der Waals surface area contributed by atoms with Gasteiger partial charge >= 0.3 is 0 Å². The second-order valence-corrected chi connectivity index (χ2v) is 7.09. The highest BCUT2D eigenvalue weighted by Crippen LogP contribution is 2.33. The zero-order valence-corrected chi connectivity index (χ0v) is 15.6. The number of carbonyl (C=O) groups excluding carboxylic acids is 1. The molecule has 2 N–H and O–H groups in total. The van der Waals surface area contributed by atoms with E-state index in [0.29, 0.717) is 17.5 Å². The molecule has 1 aliphatic rings. The number of rotatable bonds is 4. The number of nitrogens with zero attached hydrogens (tertiary/aromatic N) is 5. The monoisotopic (exact) mass is 373 g/mol. The van der Waals surface area contributed by atoms with Crippen molar-refractivity contribution in [3.63, 3.8) is 0 Å². The van der Waals surface area contributed by atoms with Gasteiger partial charge in [-0.25, -0.2) is 19.5 Å². The molecule has 28 heavy (non-hydrogen) atoms. The SMILES string of the molecule is CNc1ncc(-c2nc3ccc(C)cn3n2)c2cc(NC(=O)C3CC3)ncc12. The van der Waals surface area contributed by atoms with Gasteiger partial charge in [0.1, 0.15) is 11.6 Å². The molecule has 0 bridgehead atoms. The van der Waals surface area contributed by atoms with E-state index in [1.165, 1.54) is 0 Å². The van der Waals surface area contributed by atoms with Crippen LogP contribution in [0.25, 0.3) is 27.8 Å². The Morgan fingerprint density at radius 2 is 2.04 bits per heavy atom. The van der Waals surface area contributed by atoms with Crippen molar-refractivity contribution < 1.29 is 4.79 Å². The van der Waals surface area contributed by atoms with Crippen LogP contribution < -0.4 is 10.6 Å². The quantitative estimate of drug-likeness (QED) is 0.571. The molecule has 0 atom stereocenters. The normalized spacial score (nSPS) is 13.8. The van der Waals surface area contributed by atoms with Crippen LogP contribution in [-0.2, 0) is 4.79 Å². The molecule has 140 valence electrons. The Morgan fingerprint density at radius 1 is 1.18 bits per heavy atom. The van der Waals surface area contributed by atoms with Crippen molar-refractivity contribution in [2.75, 3.05) is 17.7 Å². The molecule has 5 rings (SSSR count). The van der Waals surface area contributed by atoms with Gasteiger partial charge < -0.3 is 10.6 Å². The highest BCUT2D eigenvalue weighted by molar-refractivity contribution is 6.03. The van der Waals surface area contributed by atoms with Crippen LogP contribution in [0.4, 0.5) is 11.6 Å². The number of fused-ring (bicyclic) bond motifs is 2. The Labute approximate surface area is 161 Å². The van der Waals surface area contributed by atoms with Gasteiger partial charge in [-0.3, -0.25) is 4.79 Å². The fourth-order valence-electron chi connectivity index (χ4n) is 3.25. The smallest absolute Gasteiger partial charge is 0.228 e. The molecule has 0 saturated heterocycles. The number of aryl methyl sites for hydroxylation is 1. The fraction of sp³-hybridized carbons (Fsp3) is 0.250. The minimum atomic E-state index is 0.0256. The third-order valence-corrected chi connectivity index (χ3v) is 4.93. The van der Waals surface area contributed by atoms with Gasteiger partial charge in [-0.05, 0) is 37.5 Å². The van der Waals surface area contributed by atoms with E-state index in [0.717, 1.165) is 40.4 Å². The minimum absolute atomic E-state index is 0.0256. The summed E-state index contributed by atoms with van der Waals surface area (Å²) in [4.78, 5) is 25.7. The maximum Gasteiger partial charge on any atom is 0.228 e. The highest BCUT2D eigenvalue weighted by atomic mass is 16.2. The zero-order chi connectivity index (χ0) is 19.3. The van der Waals surface area contributed by atoms with Crippen LogP contribution in [0.3, 0.4) is 0 Å². The van der Waals surface area contributed by atoms with E-state index < -0.39 is 0 Å². The summed E-state index contributed by atoms with van der Waals surface area (Å²) in [5, 5.41) is 12.3. The average molecular weight is 373 g/mol. The molecule has 1 amide bonds. The summed E-state index contributed by atoms with van der Waals surface area (Å²) < 4.78 is 1.76. The van der Waals surface area contributed by atoms with Crippen molar-refractivity contribution in [2.24, 2.45) is 5.92 Å². The van der Waals surface area contributed by atoms with Crippen LogP contribution in [0.5, 0.6) is 0 Å². The van der Waals surface area contributed by atoms with E-state index in [9.17, 15) is 4.79 Å². The number of anilines is 2.